The summed E-state index contributed by atoms with van der Waals surface area (Å²) in [5.41, 5.74) is 6.51. The SMILES string of the molecule is Cc1cc(C)c(-c2ccc(Cl)cc2)c(C)c1. The maximum Gasteiger partial charge on any atom is 0.0406 e. The van der Waals surface area contributed by atoms with Gasteiger partial charge in [0, 0.05) is 5.02 Å². The van der Waals surface area contributed by atoms with Crippen LogP contribution in [0.4, 0.5) is 0 Å². The first-order valence-corrected chi connectivity index (χ1v) is 5.79. The zero-order valence-electron chi connectivity index (χ0n) is 9.84. The van der Waals surface area contributed by atoms with Crippen LogP contribution in [0.25, 0.3) is 11.1 Å². The molecule has 0 N–H and O–H groups in total. The highest BCUT2D eigenvalue weighted by atomic mass is 35.5. The van der Waals surface area contributed by atoms with Crippen molar-refractivity contribution in [3.8, 4) is 11.1 Å². The highest BCUT2D eigenvalue weighted by Crippen LogP contribution is 2.29. The minimum absolute atomic E-state index is 0.783. The Labute approximate surface area is 102 Å². The molecule has 0 spiro atoms. The molecule has 2 aromatic carbocycles. The van der Waals surface area contributed by atoms with Gasteiger partial charge < -0.3 is 0 Å². The first-order valence-electron chi connectivity index (χ1n) is 5.42. The summed E-state index contributed by atoms with van der Waals surface area (Å²) in [6.45, 7) is 6.44. The van der Waals surface area contributed by atoms with E-state index in [4.69, 9.17) is 11.6 Å². The Morgan fingerprint density at radius 3 is 1.81 bits per heavy atom. The van der Waals surface area contributed by atoms with Crippen LogP contribution in [0.5, 0.6) is 0 Å². The lowest BCUT2D eigenvalue weighted by Crippen LogP contribution is -1.89. The predicted molar refractivity (Wildman–Crippen MR) is 71.1 cm³/mol. The Balaban J connectivity index is 2.60. The fourth-order valence-corrected chi connectivity index (χ4v) is 2.38. The monoisotopic (exact) mass is 230 g/mol. The Bertz CT molecular complexity index is 486. The molecular weight excluding hydrogens is 216 g/mol. The first kappa shape index (κ1) is 11.2. The second-order valence-electron chi connectivity index (χ2n) is 4.28. The van der Waals surface area contributed by atoms with E-state index in [0.717, 1.165) is 5.02 Å². The summed E-state index contributed by atoms with van der Waals surface area (Å²) in [5.74, 6) is 0. The van der Waals surface area contributed by atoms with E-state index < -0.39 is 0 Å². The molecule has 1 heteroatoms. The number of rotatable bonds is 1. The molecule has 0 aromatic heterocycles. The number of halogens is 1. The van der Waals surface area contributed by atoms with Crippen LogP contribution in [0.2, 0.25) is 5.02 Å². The van der Waals surface area contributed by atoms with Crippen LogP contribution in [-0.2, 0) is 0 Å². The van der Waals surface area contributed by atoms with Gasteiger partial charge in [-0.15, -0.1) is 0 Å². The van der Waals surface area contributed by atoms with E-state index in [-0.39, 0.29) is 0 Å². The molecule has 2 rings (SSSR count). The normalized spacial score (nSPS) is 10.5. The summed E-state index contributed by atoms with van der Waals surface area (Å²) in [6.07, 6.45) is 0. The largest absolute Gasteiger partial charge is 0.0843 e. The van der Waals surface area contributed by atoms with Crippen molar-refractivity contribution >= 4 is 11.6 Å². The third kappa shape index (κ3) is 2.12. The summed E-state index contributed by atoms with van der Waals surface area (Å²) >= 11 is 5.90. The van der Waals surface area contributed by atoms with Gasteiger partial charge in [-0.3, -0.25) is 0 Å². The molecule has 0 bridgehead atoms. The minimum Gasteiger partial charge on any atom is -0.0843 e. The van der Waals surface area contributed by atoms with Gasteiger partial charge in [0.15, 0.2) is 0 Å². The van der Waals surface area contributed by atoms with E-state index in [1.807, 2.05) is 12.1 Å². The smallest absolute Gasteiger partial charge is 0.0406 e. The molecule has 0 aliphatic heterocycles. The van der Waals surface area contributed by atoms with Crippen molar-refractivity contribution in [3.05, 3.63) is 58.1 Å². The molecule has 0 fully saturated rings. The molecule has 16 heavy (non-hydrogen) atoms. The number of hydrogen-bond acceptors (Lipinski definition) is 0. The van der Waals surface area contributed by atoms with Crippen molar-refractivity contribution in [2.75, 3.05) is 0 Å². The third-order valence-corrected chi connectivity index (χ3v) is 3.06. The Hall–Kier alpha value is -1.27. The molecule has 0 nitrogen and oxygen atoms in total. The van der Waals surface area contributed by atoms with Gasteiger partial charge in [-0.05, 0) is 55.2 Å². The minimum atomic E-state index is 0.783. The highest BCUT2D eigenvalue weighted by Gasteiger charge is 2.06. The van der Waals surface area contributed by atoms with Crippen molar-refractivity contribution in [1.29, 1.82) is 0 Å². The lowest BCUT2D eigenvalue weighted by Gasteiger charge is -2.11. The summed E-state index contributed by atoms with van der Waals surface area (Å²) < 4.78 is 0. The van der Waals surface area contributed by atoms with E-state index in [1.54, 1.807) is 0 Å². The molecule has 0 radical (unpaired) electrons. The zero-order chi connectivity index (χ0) is 11.7. The van der Waals surface area contributed by atoms with Crippen LogP contribution < -0.4 is 0 Å². The molecule has 0 aliphatic carbocycles. The van der Waals surface area contributed by atoms with Gasteiger partial charge in [-0.25, -0.2) is 0 Å². The van der Waals surface area contributed by atoms with E-state index in [2.05, 4.69) is 45.0 Å². The van der Waals surface area contributed by atoms with Gasteiger partial charge in [-0.1, -0.05) is 41.4 Å². The molecule has 2 aromatic rings. The van der Waals surface area contributed by atoms with Crippen molar-refractivity contribution < 1.29 is 0 Å². The first-order chi connectivity index (χ1) is 7.58. The van der Waals surface area contributed by atoms with Crippen LogP contribution in [0.1, 0.15) is 16.7 Å². The van der Waals surface area contributed by atoms with Gasteiger partial charge in [-0.2, -0.15) is 0 Å². The quantitative estimate of drug-likeness (QED) is 0.652. The summed E-state index contributed by atoms with van der Waals surface area (Å²) in [6, 6.07) is 12.5. The predicted octanol–water partition coefficient (Wildman–Crippen LogP) is 4.93. The Kier molecular flexibility index (Phi) is 3.02. The molecule has 0 heterocycles. The second kappa shape index (κ2) is 4.31. The van der Waals surface area contributed by atoms with E-state index in [1.165, 1.54) is 27.8 Å². The molecule has 0 aliphatic rings. The Morgan fingerprint density at radius 2 is 1.31 bits per heavy atom. The summed E-state index contributed by atoms with van der Waals surface area (Å²) in [7, 11) is 0. The molecule has 0 saturated carbocycles. The zero-order valence-corrected chi connectivity index (χ0v) is 10.6. The van der Waals surface area contributed by atoms with Crippen LogP contribution in [-0.4, -0.2) is 0 Å². The van der Waals surface area contributed by atoms with E-state index in [9.17, 15) is 0 Å². The number of benzene rings is 2. The van der Waals surface area contributed by atoms with E-state index in [0.29, 0.717) is 0 Å². The van der Waals surface area contributed by atoms with Crippen LogP contribution in [0, 0.1) is 20.8 Å². The maximum atomic E-state index is 5.90. The second-order valence-corrected chi connectivity index (χ2v) is 4.72. The van der Waals surface area contributed by atoms with Crippen LogP contribution >= 0.6 is 11.6 Å². The molecule has 0 unspecified atom stereocenters. The lowest BCUT2D eigenvalue weighted by atomic mass is 9.94. The molecule has 0 amide bonds. The van der Waals surface area contributed by atoms with Crippen LogP contribution in [0.3, 0.4) is 0 Å². The lowest BCUT2D eigenvalue weighted by molar-refractivity contribution is 1.32. The highest BCUT2D eigenvalue weighted by molar-refractivity contribution is 6.30. The van der Waals surface area contributed by atoms with Gasteiger partial charge in [0.25, 0.3) is 0 Å². The average molecular weight is 231 g/mol. The Morgan fingerprint density at radius 1 is 0.812 bits per heavy atom. The number of aryl methyl sites for hydroxylation is 3. The number of hydrogen-bond donors (Lipinski definition) is 0. The van der Waals surface area contributed by atoms with Crippen molar-refractivity contribution in [2.45, 2.75) is 20.8 Å². The fraction of sp³-hybridized carbons (Fsp3) is 0.200. The van der Waals surface area contributed by atoms with Crippen molar-refractivity contribution in [2.24, 2.45) is 0 Å². The summed E-state index contributed by atoms with van der Waals surface area (Å²) in [4.78, 5) is 0. The van der Waals surface area contributed by atoms with Crippen molar-refractivity contribution in [3.63, 3.8) is 0 Å². The van der Waals surface area contributed by atoms with Gasteiger partial charge in [0.05, 0.1) is 0 Å². The van der Waals surface area contributed by atoms with Crippen molar-refractivity contribution in [1.82, 2.24) is 0 Å². The average Bonchev–Trinajstić information content (AvgIpc) is 2.19. The molecule has 82 valence electrons. The van der Waals surface area contributed by atoms with Gasteiger partial charge in [0.1, 0.15) is 0 Å². The van der Waals surface area contributed by atoms with Crippen LogP contribution in [0.15, 0.2) is 36.4 Å². The standard InChI is InChI=1S/C15H15Cl/c1-10-8-11(2)15(12(3)9-10)13-4-6-14(16)7-5-13/h4-9H,1-3H3. The van der Waals surface area contributed by atoms with E-state index >= 15 is 0 Å². The fourth-order valence-electron chi connectivity index (χ4n) is 2.25. The topological polar surface area (TPSA) is 0 Å². The maximum absolute atomic E-state index is 5.90. The summed E-state index contributed by atoms with van der Waals surface area (Å²) in [5, 5.41) is 0.783. The third-order valence-electron chi connectivity index (χ3n) is 2.81. The molecule has 0 saturated heterocycles. The molecular formula is C15H15Cl. The molecule has 0 atom stereocenters. The van der Waals surface area contributed by atoms with Gasteiger partial charge in [0.2, 0.25) is 0 Å². The van der Waals surface area contributed by atoms with Gasteiger partial charge >= 0.3 is 0 Å².